The van der Waals surface area contributed by atoms with Crippen molar-refractivity contribution in [1.29, 1.82) is 0 Å². The summed E-state index contributed by atoms with van der Waals surface area (Å²) in [7, 11) is 0. The van der Waals surface area contributed by atoms with Crippen LogP contribution in [0, 0.1) is 18.8 Å². The summed E-state index contributed by atoms with van der Waals surface area (Å²) in [6.07, 6.45) is 11.7. The van der Waals surface area contributed by atoms with Crippen LogP contribution in [-0.4, -0.2) is 52.0 Å². The Hall–Kier alpha value is -2.85. The van der Waals surface area contributed by atoms with Crippen LogP contribution < -0.4 is 0 Å². The van der Waals surface area contributed by atoms with Crippen LogP contribution in [-0.2, 0) is 11.3 Å². The molecular formula is C32H37N3O. The Labute approximate surface area is 214 Å². The zero-order chi connectivity index (χ0) is 24.2. The number of amides is 1. The van der Waals surface area contributed by atoms with Gasteiger partial charge in [-0.15, -0.1) is 0 Å². The van der Waals surface area contributed by atoms with Crippen molar-refractivity contribution in [3.8, 4) is 0 Å². The van der Waals surface area contributed by atoms with E-state index in [9.17, 15) is 4.79 Å². The van der Waals surface area contributed by atoms with Crippen molar-refractivity contribution in [3.05, 3.63) is 77.0 Å². The summed E-state index contributed by atoms with van der Waals surface area (Å²) in [5.74, 6) is 1.65. The number of aryl methyl sites for hydroxylation is 1. The van der Waals surface area contributed by atoms with Crippen LogP contribution >= 0.6 is 0 Å². The van der Waals surface area contributed by atoms with Crippen LogP contribution in [0.1, 0.15) is 55.2 Å². The first-order valence-electron chi connectivity index (χ1n) is 14.0. The van der Waals surface area contributed by atoms with Crippen molar-refractivity contribution >= 4 is 22.9 Å². The maximum atomic E-state index is 13.9. The summed E-state index contributed by atoms with van der Waals surface area (Å²) in [6.45, 7) is 6.50. The highest BCUT2D eigenvalue weighted by molar-refractivity contribution is 6.01. The van der Waals surface area contributed by atoms with E-state index in [-0.39, 0.29) is 0 Å². The van der Waals surface area contributed by atoms with Crippen molar-refractivity contribution in [2.45, 2.75) is 64.1 Å². The van der Waals surface area contributed by atoms with Crippen molar-refractivity contribution in [3.63, 3.8) is 0 Å². The number of hydrogen-bond acceptors (Lipinski definition) is 2. The number of carbonyl (C=O) groups is 1. The number of benzene rings is 2. The molecule has 4 heteroatoms. The number of aromatic nitrogens is 1. The van der Waals surface area contributed by atoms with Crippen molar-refractivity contribution in [1.82, 2.24) is 14.4 Å². The van der Waals surface area contributed by atoms with Gasteiger partial charge in [0.25, 0.3) is 0 Å². The second-order valence-electron chi connectivity index (χ2n) is 11.7. The molecule has 186 valence electrons. The molecule has 4 nitrogen and oxygen atoms in total. The second-order valence-corrected chi connectivity index (χ2v) is 11.7. The average molecular weight is 480 g/mol. The normalized spacial score (nSPS) is 29.4. The van der Waals surface area contributed by atoms with Crippen molar-refractivity contribution in [2.24, 2.45) is 11.8 Å². The highest BCUT2D eigenvalue weighted by Crippen LogP contribution is 2.45. The van der Waals surface area contributed by atoms with E-state index >= 15 is 0 Å². The molecular weight excluding hydrogens is 442 g/mol. The van der Waals surface area contributed by atoms with Crippen LogP contribution in [0.5, 0.6) is 0 Å². The molecule has 0 radical (unpaired) electrons. The zero-order valence-corrected chi connectivity index (χ0v) is 21.4. The fourth-order valence-corrected chi connectivity index (χ4v) is 8.04. The van der Waals surface area contributed by atoms with Crippen LogP contribution in [0.3, 0.4) is 0 Å². The lowest BCUT2D eigenvalue weighted by molar-refractivity contribution is -0.145. The number of rotatable bonds is 3. The van der Waals surface area contributed by atoms with Gasteiger partial charge in [-0.1, -0.05) is 48.0 Å². The minimum Gasteiger partial charge on any atom is -0.342 e. The fraction of sp³-hybridized carbons (Fsp3) is 0.469. The molecule has 0 bridgehead atoms. The monoisotopic (exact) mass is 479 g/mol. The summed E-state index contributed by atoms with van der Waals surface area (Å²) in [6, 6.07) is 18.6. The number of fused-ring (bicyclic) bond motifs is 3. The summed E-state index contributed by atoms with van der Waals surface area (Å²) in [5.41, 5.74) is 6.01. The number of nitrogens with zero attached hydrogens (tertiary/aromatic N) is 3. The molecule has 0 saturated carbocycles. The molecule has 0 unspecified atom stereocenters. The maximum Gasteiger partial charge on any atom is 0.250 e. The van der Waals surface area contributed by atoms with E-state index in [2.05, 4.69) is 82.1 Å². The average Bonchev–Trinajstić information content (AvgIpc) is 3.23. The molecule has 4 aliphatic rings. The fourth-order valence-electron chi connectivity index (χ4n) is 8.04. The molecule has 4 atom stereocenters. The second kappa shape index (κ2) is 8.92. The highest BCUT2D eigenvalue weighted by atomic mass is 16.2. The van der Waals surface area contributed by atoms with Gasteiger partial charge in [-0.25, -0.2) is 0 Å². The molecule has 0 N–H and O–H groups in total. The number of para-hydroxylation sites is 1. The summed E-state index contributed by atoms with van der Waals surface area (Å²) in [4.78, 5) is 19.0. The third-order valence-corrected chi connectivity index (χ3v) is 9.50. The van der Waals surface area contributed by atoms with Gasteiger partial charge in [0.15, 0.2) is 0 Å². The number of piperidine rings is 4. The lowest BCUT2D eigenvalue weighted by Gasteiger charge is -2.58. The molecule has 0 spiro atoms. The predicted molar refractivity (Wildman–Crippen MR) is 146 cm³/mol. The lowest BCUT2D eigenvalue weighted by Crippen LogP contribution is -2.66. The summed E-state index contributed by atoms with van der Waals surface area (Å²) >= 11 is 0. The van der Waals surface area contributed by atoms with Crippen molar-refractivity contribution < 1.29 is 4.79 Å². The Morgan fingerprint density at radius 1 is 1.00 bits per heavy atom. The molecule has 4 saturated heterocycles. The van der Waals surface area contributed by atoms with Crippen LogP contribution in [0.15, 0.2) is 60.3 Å². The van der Waals surface area contributed by atoms with Gasteiger partial charge < -0.3 is 9.47 Å². The largest absolute Gasteiger partial charge is 0.342 e. The molecule has 7 rings (SSSR count). The SMILES string of the molecule is Cc1cccc(Cn2cc(/C=C3\CC[C@@H]4[C@H]5CCCN6CCC[C@@H](CN4C3=O)[C@@H]56)c3ccccc32)c1. The topological polar surface area (TPSA) is 28.5 Å². The van der Waals surface area contributed by atoms with E-state index in [0.717, 1.165) is 37.5 Å². The predicted octanol–water partition coefficient (Wildman–Crippen LogP) is 5.88. The molecule has 1 aromatic heterocycles. The third-order valence-electron chi connectivity index (χ3n) is 9.50. The van der Waals surface area contributed by atoms with Crippen LogP contribution in [0.2, 0.25) is 0 Å². The third kappa shape index (κ3) is 3.73. The first kappa shape index (κ1) is 22.4. The minimum absolute atomic E-state index is 0.308. The zero-order valence-electron chi connectivity index (χ0n) is 21.4. The van der Waals surface area contributed by atoms with E-state index in [1.54, 1.807) is 0 Å². The standard InChI is InChI=1S/C32H37N3O/c1-22-7-4-8-23(17-22)19-34-20-26(27-10-2-3-12-29(27)34)18-24-13-14-30-28-11-6-16-33-15-5-9-25(31(28)33)21-35(30)32(24)36/h2-4,7-8,10,12,17-18,20,25,28,30-31H,5-6,9,11,13-16,19,21H2,1H3/b24-18+/t25-,28+,30+,31-/m0/s1. The van der Waals surface area contributed by atoms with E-state index in [1.807, 2.05) is 0 Å². The van der Waals surface area contributed by atoms with E-state index in [1.165, 1.54) is 66.4 Å². The number of carbonyl (C=O) groups excluding carboxylic acids is 1. The molecule has 36 heavy (non-hydrogen) atoms. The lowest BCUT2D eigenvalue weighted by atomic mass is 9.67. The molecule has 4 fully saturated rings. The first-order chi connectivity index (χ1) is 17.7. The van der Waals surface area contributed by atoms with Gasteiger partial charge in [-0.05, 0) is 88.1 Å². The molecule has 5 heterocycles. The maximum absolute atomic E-state index is 13.9. The van der Waals surface area contributed by atoms with E-state index < -0.39 is 0 Å². The van der Waals surface area contributed by atoms with Gasteiger partial charge in [-0.2, -0.15) is 0 Å². The van der Waals surface area contributed by atoms with Crippen molar-refractivity contribution in [2.75, 3.05) is 19.6 Å². The van der Waals surface area contributed by atoms with Crippen LogP contribution in [0.4, 0.5) is 0 Å². The minimum atomic E-state index is 0.308. The van der Waals surface area contributed by atoms with Crippen LogP contribution in [0.25, 0.3) is 17.0 Å². The Morgan fingerprint density at radius 2 is 1.86 bits per heavy atom. The molecule has 0 aliphatic carbocycles. The molecule has 4 aliphatic heterocycles. The molecule has 3 aromatic rings. The Bertz CT molecular complexity index is 1330. The quantitative estimate of drug-likeness (QED) is 0.439. The van der Waals surface area contributed by atoms with E-state index in [4.69, 9.17) is 0 Å². The van der Waals surface area contributed by atoms with E-state index in [0.29, 0.717) is 23.8 Å². The highest BCUT2D eigenvalue weighted by Gasteiger charge is 2.51. The molecule has 1 amide bonds. The van der Waals surface area contributed by atoms with Gasteiger partial charge in [0, 0.05) is 53.4 Å². The molecule has 2 aromatic carbocycles. The Kier molecular flexibility index (Phi) is 5.54. The van der Waals surface area contributed by atoms with Gasteiger partial charge in [-0.3, -0.25) is 9.69 Å². The van der Waals surface area contributed by atoms with Gasteiger partial charge in [0.1, 0.15) is 0 Å². The Balaban J connectivity index is 1.20. The first-order valence-corrected chi connectivity index (χ1v) is 14.0. The smallest absolute Gasteiger partial charge is 0.250 e. The summed E-state index contributed by atoms with van der Waals surface area (Å²) < 4.78 is 2.34. The van der Waals surface area contributed by atoms with Gasteiger partial charge in [0.05, 0.1) is 0 Å². The van der Waals surface area contributed by atoms with Gasteiger partial charge >= 0.3 is 0 Å². The Morgan fingerprint density at radius 3 is 2.75 bits per heavy atom. The number of hydrogen-bond donors (Lipinski definition) is 0. The van der Waals surface area contributed by atoms with Gasteiger partial charge in [0.2, 0.25) is 5.91 Å². The summed E-state index contributed by atoms with van der Waals surface area (Å²) in [5, 5.41) is 1.24.